The van der Waals surface area contributed by atoms with Crippen LogP contribution in [0.3, 0.4) is 0 Å². The van der Waals surface area contributed by atoms with Crippen molar-refractivity contribution in [3.63, 3.8) is 0 Å². The fourth-order valence-corrected chi connectivity index (χ4v) is 2.89. The molecule has 7 heteroatoms. The van der Waals surface area contributed by atoms with E-state index in [-0.39, 0.29) is 4.99 Å². The van der Waals surface area contributed by atoms with Crippen molar-refractivity contribution < 1.29 is 18.3 Å². The molecule has 0 unspecified atom stereocenters. The Morgan fingerprint density at radius 1 is 1.37 bits per heavy atom. The third-order valence-corrected chi connectivity index (χ3v) is 5.56. The molecule has 1 aromatic rings. The van der Waals surface area contributed by atoms with Crippen molar-refractivity contribution in [1.29, 1.82) is 0 Å². The normalized spacial score (nSPS) is 12.1. The maximum atomic E-state index is 12.2. The minimum Gasteiger partial charge on any atom is -0.480 e. The number of carboxylic acids is 1. The molecule has 0 heterocycles. The van der Waals surface area contributed by atoms with Crippen LogP contribution in [0.2, 0.25) is 0 Å². The van der Waals surface area contributed by atoms with E-state index in [9.17, 15) is 13.2 Å². The van der Waals surface area contributed by atoms with Crippen LogP contribution in [0.15, 0.2) is 24.3 Å². The number of hydrogen-bond acceptors (Lipinski definition) is 4. The van der Waals surface area contributed by atoms with E-state index in [2.05, 4.69) is 0 Å². The summed E-state index contributed by atoms with van der Waals surface area (Å²) in [6.45, 7) is 2.32. The van der Waals surface area contributed by atoms with Gasteiger partial charge in [0.05, 0.1) is 5.75 Å². The molecule has 0 radical (unpaired) electrons. The van der Waals surface area contributed by atoms with Crippen LogP contribution in [0.5, 0.6) is 0 Å². The Hall–Kier alpha value is -1.47. The second kappa shape index (κ2) is 5.26. The monoisotopic (exact) mass is 301 g/mol. The fourth-order valence-electron chi connectivity index (χ4n) is 1.40. The highest BCUT2D eigenvalue weighted by Crippen LogP contribution is 2.23. The van der Waals surface area contributed by atoms with E-state index in [1.807, 2.05) is 0 Å². The molecule has 0 amide bonds. The van der Waals surface area contributed by atoms with Gasteiger partial charge in [-0.25, -0.2) is 8.42 Å². The standard InChI is InChI=1S/C12H15NO4S2/c1-12(2,11(14)15)19(16,17)7-8-5-3-4-6-9(8)10(13)18/h3-6H,7H2,1-2H3,(H2,13,18)(H,14,15). The van der Waals surface area contributed by atoms with E-state index in [0.717, 1.165) is 13.8 Å². The summed E-state index contributed by atoms with van der Waals surface area (Å²) in [5.41, 5.74) is 6.38. The zero-order chi connectivity index (χ0) is 14.8. The maximum absolute atomic E-state index is 12.2. The Labute approximate surface area is 117 Å². The first-order valence-corrected chi connectivity index (χ1v) is 7.49. The summed E-state index contributed by atoms with van der Waals surface area (Å²) < 4.78 is 22.5. The third-order valence-electron chi connectivity index (χ3n) is 2.92. The van der Waals surface area contributed by atoms with Gasteiger partial charge in [0.1, 0.15) is 4.99 Å². The largest absolute Gasteiger partial charge is 0.480 e. The number of aliphatic carboxylic acids is 1. The van der Waals surface area contributed by atoms with E-state index < -0.39 is 26.3 Å². The van der Waals surface area contributed by atoms with Gasteiger partial charge in [0, 0.05) is 5.56 Å². The highest BCUT2D eigenvalue weighted by atomic mass is 32.2. The van der Waals surface area contributed by atoms with Gasteiger partial charge < -0.3 is 10.8 Å². The van der Waals surface area contributed by atoms with Crippen LogP contribution in [0.4, 0.5) is 0 Å². The van der Waals surface area contributed by atoms with Crippen LogP contribution in [0.1, 0.15) is 25.0 Å². The molecule has 0 bridgehead atoms. The van der Waals surface area contributed by atoms with Gasteiger partial charge in [-0.15, -0.1) is 0 Å². The smallest absolute Gasteiger partial charge is 0.324 e. The van der Waals surface area contributed by atoms with Crippen molar-refractivity contribution in [3.8, 4) is 0 Å². The summed E-state index contributed by atoms with van der Waals surface area (Å²) in [4.78, 5) is 11.1. The Morgan fingerprint density at radius 3 is 2.37 bits per heavy atom. The van der Waals surface area contributed by atoms with E-state index in [1.165, 1.54) is 0 Å². The highest BCUT2D eigenvalue weighted by molar-refractivity contribution is 7.92. The number of thiocarbonyl (C=S) groups is 1. The lowest BCUT2D eigenvalue weighted by Gasteiger charge is -2.20. The van der Waals surface area contributed by atoms with Crippen molar-refractivity contribution in [2.75, 3.05) is 0 Å². The third kappa shape index (κ3) is 3.10. The zero-order valence-corrected chi connectivity index (χ0v) is 12.2. The summed E-state index contributed by atoms with van der Waals surface area (Å²) in [5.74, 6) is -1.81. The predicted octanol–water partition coefficient (Wildman–Crippen LogP) is 1.10. The van der Waals surface area contributed by atoms with Crippen LogP contribution in [0, 0.1) is 0 Å². The number of carbonyl (C=O) groups is 1. The van der Waals surface area contributed by atoms with Gasteiger partial charge in [-0.1, -0.05) is 36.5 Å². The molecule has 0 saturated carbocycles. The lowest BCUT2D eigenvalue weighted by molar-refractivity contribution is -0.139. The van der Waals surface area contributed by atoms with Crippen molar-refractivity contribution in [2.45, 2.75) is 24.3 Å². The first-order chi connectivity index (χ1) is 8.59. The van der Waals surface area contributed by atoms with Gasteiger partial charge >= 0.3 is 5.97 Å². The van der Waals surface area contributed by atoms with Crippen LogP contribution in [0.25, 0.3) is 0 Å². The molecule has 0 aliphatic heterocycles. The number of nitrogens with two attached hydrogens (primary N) is 1. The van der Waals surface area contributed by atoms with Gasteiger partial charge in [-0.05, 0) is 19.4 Å². The number of rotatable bonds is 5. The highest BCUT2D eigenvalue weighted by Gasteiger charge is 2.41. The molecule has 0 spiro atoms. The molecule has 1 aromatic carbocycles. The molecule has 1 rings (SSSR count). The van der Waals surface area contributed by atoms with Crippen molar-refractivity contribution in [1.82, 2.24) is 0 Å². The summed E-state index contributed by atoms with van der Waals surface area (Å²) in [7, 11) is -3.88. The number of hydrogen-bond donors (Lipinski definition) is 2. The Morgan fingerprint density at radius 2 is 1.89 bits per heavy atom. The first-order valence-electron chi connectivity index (χ1n) is 5.43. The second-order valence-electron chi connectivity index (χ2n) is 4.60. The fraction of sp³-hybridized carbons (Fsp3) is 0.333. The van der Waals surface area contributed by atoms with Crippen LogP contribution >= 0.6 is 12.2 Å². The molecule has 19 heavy (non-hydrogen) atoms. The van der Waals surface area contributed by atoms with Gasteiger partial charge in [0.2, 0.25) is 0 Å². The summed E-state index contributed by atoms with van der Waals surface area (Å²) in [6, 6.07) is 6.53. The van der Waals surface area contributed by atoms with Gasteiger partial charge in [-0.2, -0.15) is 0 Å². The molecule has 104 valence electrons. The lowest BCUT2D eigenvalue weighted by atomic mass is 10.1. The van der Waals surface area contributed by atoms with Crippen molar-refractivity contribution in [2.24, 2.45) is 5.73 Å². The van der Waals surface area contributed by atoms with Gasteiger partial charge in [-0.3, -0.25) is 4.79 Å². The quantitative estimate of drug-likeness (QED) is 0.790. The van der Waals surface area contributed by atoms with E-state index in [4.69, 9.17) is 23.1 Å². The van der Waals surface area contributed by atoms with Crippen LogP contribution in [-0.2, 0) is 20.4 Å². The molecule has 5 nitrogen and oxygen atoms in total. The van der Waals surface area contributed by atoms with E-state index in [1.54, 1.807) is 24.3 Å². The molecular weight excluding hydrogens is 286 g/mol. The minimum atomic E-state index is -3.88. The summed E-state index contributed by atoms with van der Waals surface area (Å²) in [5, 5.41) is 9.00. The zero-order valence-electron chi connectivity index (χ0n) is 10.6. The Balaban J connectivity index is 3.24. The molecule has 3 N–H and O–H groups in total. The predicted molar refractivity (Wildman–Crippen MR) is 76.7 cm³/mol. The van der Waals surface area contributed by atoms with Crippen molar-refractivity contribution >= 4 is 33.0 Å². The minimum absolute atomic E-state index is 0.0823. The molecular formula is C12H15NO4S2. The van der Waals surface area contributed by atoms with E-state index in [0.29, 0.717) is 11.1 Å². The van der Waals surface area contributed by atoms with Gasteiger partial charge in [0.25, 0.3) is 0 Å². The first kappa shape index (κ1) is 15.6. The molecule has 0 aliphatic rings. The molecule has 0 saturated heterocycles. The molecule has 0 aromatic heterocycles. The van der Waals surface area contributed by atoms with Crippen molar-refractivity contribution in [3.05, 3.63) is 35.4 Å². The molecule has 0 aliphatic carbocycles. The average molecular weight is 301 g/mol. The van der Waals surface area contributed by atoms with Crippen LogP contribution in [-0.4, -0.2) is 29.2 Å². The number of benzene rings is 1. The number of carboxylic acid groups (broad SMARTS) is 1. The van der Waals surface area contributed by atoms with E-state index >= 15 is 0 Å². The topological polar surface area (TPSA) is 97.5 Å². The molecule has 0 atom stereocenters. The summed E-state index contributed by atoms with van der Waals surface area (Å²) >= 11 is 4.85. The number of sulfone groups is 1. The Bertz CT molecular complexity index is 620. The lowest BCUT2D eigenvalue weighted by Crippen LogP contribution is -2.41. The maximum Gasteiger partial charge on any atom is 0.324 e. The summed E-state index contributed by atoms with van der Waals surface area (Å²) in [6.07, 6.45) is 0. The average Bonchev–Trinajstić information content (AvgIpc) is 2.28. The van der Waals surface area contributed by atoms with Gasteiger partial charge in [0.15, 0.2) is 14.6 Å². The second-order valence-corrected chi connectivity index (χ2v) is 7.57. The SMILES string of the molecule is CC(C)(C(=O)O)S(=O)(=O)Cc1ccccc1C(N)=S. The molecule has 0 fully saturated rings. The Kier molecular flexibility index (Phi) is 4.32. The van der Waals surface area contributed by atoms with Crippen LogP contribution < -0.4 is 5.73 Å².